The number of nitrogens with zero attached hydrogens (tertiary/aromatic N) is 2. The van der Waals surface area contributed by atoms with Gasteiger partial charge in [0.05, 0.1) is 5.69 Å². The molecule has 0 aliphatic rings. The van der Waals surface area contributed by atoms with E-state index in [2.05, 4.69) is 42.1 Å². The highest BCUT2D eigenvalue weighted by Gasteiger charge is 2.14. The summed E-state index contributed by atoms with van der Waals surface area (Å²) in [5.41, 5.74) is 1.23. The van der Waals surface area contributed by atoms with Crippen LogP contribution in [0.1, 0.15) is 26.5 Å². The van der Waals surface area contributed by atoms with E-state index < -0.39 is 0 Å². The molecule has 2 rings (SSSR count). The van der Waals surface area contributed by atoms with Gasteiger partial charge in [0.25, 0.3) is 0 Å². The summed E-state index contributed by atoms with van der Waals surface area (Å²) in [4.78, 5) is 5.75. The molecule has 0 fully saturated rings. The van der Waals surface area contributed by atoms with Gasteiger partial charge in [0.2, 0.25) is 0 Å². The van der Waals surface area contributed by atoms with E-state index >= 15 is 0 Å². The Bertz CT molecular complexity index is 535. The van der Waals surface area contributed by atoms with Gasteiger partial charge in [0.1, 0.15) is 5.03 Å². The average molecular weight is 313 g/mol. The Morgan fingerprint density at radius 1 is 1.45 bits per heavy atom. The number of hydrogen-bond donors (Lipinski definition) is 2. The van der Waals surface area contributed by atoms with Crippen molar-refractivity contribution in [3.63, 3.8) is 0 Å². The first-order valence-electron chi connectivity index (χ1n) is 7.00. The monoisotopic (exact) mass is 313 g/mol. The van der Waals surface area contributed by atoms with Gasteiger partial charge in [0.15, 0.2) is 4.96 Å². The fourth-order valence-electron chi connectivity index (χ4n) is 1.84. The molecule has 2 N–H and O–H groups in total. The van der Waals surface area contributed by atoms with Crippen LogP contribution < -0.4 is 5.32 Å². The van der Waals surface area contributed by atoms with Crippen molar-refractivity contribution in [2.75, 3.05) is 18.9 Å². The number of fused-ring (bicyclic) bond motifs is 1. The second kappa shape index (κ2) is 7.45. The summed E-state index contributed by atoms with van der Waals surface area (Å²) in [6.07, 6.45) is 2.08. The summed E-state index contributed by atoms with van der Waals surface area (Å²) < 4.78 is 2.17. The Morgan fingerprint density at radius 2 is 2.25 bits per heavy atom. The first kappa shape index (κ1) is 15.8. The highest BCUT2D eigenvalue weighted by molar-refractivity contribution is 7.99. The zero-order valence-corrected chi connectivity index (χ0v) is 13.9. The number of nitrogens with one attached hydrogen (secondary N) is 1. The third-order valence-electron chi connectivity index (χ3n) is 2.99. The first-order chi connectivity index (χ1) is 9.61. The number of aromatic nitrogens is 2. The summed E-state index contributed by atoms with van der Waals surface area (Å²) in [5.74, 6) is 1.85. The maximum absolute atomic E-state index is 9.14. The Labute approximate surface area is 128 Å². The van der Waals surface area contributed by atoms with Crippen LogP contribution in [0.5, 0.6) is 0 Å². The molecule has 0 amide bonds. The molecule has 0 bridgehead atoms. The second-order valence-corrected chi connectivity index (χ2v) is 7.42. The molecule has 0 aliphatic carbocycles. The van der Waals surface area contributed by atoms with Crippen molar-refractivity contribution in [2.24, 2.45) is 11.8 Å². The number of hydrogen-bond acceptors (Lipinski definition) is 5. The summed E-state index contributed by atoms with van der Waals surface area (Å²) >= 11 is 3.41. The normalized spacial score (nSPS) is 13.4. The van der Waals surface area contributed by atoms with E-state index in [0.29, 0.717) is 11.8 Å². The van der Waals surface area contributed by atoms with Crippen molar-refractivity contribution < 1.29 is 5.11 Å². The topological polar surface area (TPSA) is 49.6 Å². The number of imidazole rings is 1. The standard InChI is InChI=1S/C14H23N3OS2/c1-10(2)6-15-7-12-13(20-9-11(3)8-18)16-14-17(12)4-5-19-14/h4-5,10-11,15,18H,6-9H2,1-3H3. The predicted molar refractivity (Wildman–Crippen MR) is 86.6 cm³/mol. The predicted octanol–water partition coefficient (Wildman–Crippen LogP) is 2.86. The van der Waals surface area contributed by atoms with Crippen molar-refractivity contribution in [1.29, 1.82) is 0 Å². The van der Waals surface area contributed by atoms with Gasteiger partial charge in [-0.05, 0) is 18.4 Å². The molecule has 1 unspecified atom stereocenters. The Hall–Kier alpha value is -0.560. The van der Waals surface area contributed by atoms with Crippen molar-refractivity contribution in [3.8, 4) is 0 Å². The lowest BCUT2D eigenvalue weighted by atomic mass is 10.2. The fourth-order valence-corrected chi connectivity index (χ4v) is 3.67. The maximum atomic E-state index is 9.14. The summed E-state index contributed by atoms with van der Waals surface area (Å²) in [6, 6.07) is 0. The van der Waals surface area contributed by atoms with Gasteiger partial charge in [-0.2, -0.15) is 0 Å². The molecule has 112 valence electrons. The van der Waals surface area contributed by atoms with Crippen LogP contribution in [0.15, 0.2) is 16.6 Å². The zero-order chi connectivity index (χ0) is 14.5. The Morgan fingerprint density at radius 3 is 2.95 bits per heavy atom. The van der Waals surface area contributed by atoms with Crippen molar-refractivity contribution in [3.05, 3.63) is 17.3 Å². The molecule has 0 aromatic carbocycles. The summed E-state index contributed by atoms with van der Waals surface area (Å²) in [7, 11) is 0. The molecule has 0 spiro atoms. The molecule has 2 aromatic heterocycles. The van der Waals surface area contributed by atoms with Crippen LogP contribution in [0.2, 0.25) is 0 Å². The zero-order valence-electron chi connectivity index (χ0n) is 12.3. The molecule has 2 aromatic rings. The van der Waals surface area contributed by atoms with Gasteiger partial charge in [-0.3, -0.25) is 4.40 Å². The van der Waals surface area contributed by atoms with Crippen LogP contribution in [0.3, 0.4) is 0 Å². The lowest BCUT2D eigenvalue weighted by Gasteiger charge is -2.09. The first-order valence-corrected chi connectivity index (χ1v) is 8.87. The molecule has 6 heteroatoms. The van der Waals surface area contributed by atoms with Crippen LogP contribution >= 0.6 is 23.1 Å². The van der Waals surface area contributed by atoms with Crippen LogP contribution in [-0.4, -0.2) is 33.4 Å². The van der Waals surface area contributed by atoms with Gasteiger partial charge >= 0.3 is 0 Å². The minimum absolute atomic E-state index is 0.232. The minimum Gasteiger partial charge on any atom is -0.396 e. The van der Waals surface area contributed by atoms with Gasteiger partial charge in [0, 0.05) is 30.5 Å². The van der Waals surface area contributed by atoms with Crippen molar-refractivity contribution in [2.45, 2.75) is 32.3 Å². The molecular formula is C14H23N3OS2. The third-order valence-corrected chi connectivity index (χ3v) is 5.08. The van der Waals surface area contributed by atoms with E-state index in [1.165, 1.54) is 5.69 Å². The lowest BCUT2D eigenvalue weighted by molar-refractivity contribution is 0.250. The molecule has 0 aliphatic heterocycles. The van der Waals surface area contributed by atoms with E-state index in [1.54, 1.807) is 23.1 Å². The molecule has 0 saturated carbocycles. The fraction of sp³-hybridized carbons (Fsp3) is 0.643. The van der Waals surface area contributed by atoms with E-state index in [4.69, 9.17) is 10.1 Å². The van der Waals surface area contributed by atoms with Crippen LogP contribution in [0, 0.1) is 11.8 Å². The number of thioether (sulfide) groups is 1. The van der Waals surface area contributed by atoms with Gasteiger partial charge in [-0.25, -0.2) is 4.98 Å². The van der Waals surface area contributed by atoms with Gasteiger partial charge in [-0.15, -0.1) is 23.1 Å². The van der Waals surface area contributed by atoms with Crippen molar-refractivity contribution in [1.82, 2.24) is 14.7 Å². The molecule has 0 saturated heterocycles. The van der Waals surface area contributed by atoms with E-state index in [1.807, 2.05) is 0 Å². The van der Waals surface area contributed by atoms with Crippen molar-refractivity contribution >= 4 is 28.1 Å². The minimum atomic E-state index is 0.232. The largest absolute Gasteiger partial charge is 0.396 e. The molecule has 4 nitrogen and oxygen atoms in total. The molecule has 1 atom stereocenters. The van der Waals surface area contributed by atoms with Gasteiger partial charge in [-0.1, -0.05) is 20.8 Å². The SMILES string of the molecule is CC(C)CNCc1c(SCC(C)CO)nc2sccn12. The number of rotatable bonds is 8. The Balaban J connectivity index is 2.09. The maximum Gasteiger partial charge on any atom is 0.194 e. The molecular weight excluding hydrogens is 290 g/mol. The summed E-state index contributed by atoms with van der Waals surface area (Å²) in [5, 5.41) is 15.8. The smallest absolute Gasteiger partial charge is 0.194 e. The van der Waals surface area contributed by atoms with E-state index in [9.17, 15) is 0 Å². The van der Waals surface area contributed by atoms with Crippen LogP contribution in [0.25, 0.3) is 4.96 Å². The van der Waals surface area contributed by atoms with Gasteiger partial charge < -0.3 is 10.4 Å². The lowest BCUT2D eigenvalue weighted by Crippen LogP contribution is -2.20. The molecule has 20 heavy (non-hydrogen) atoms. The molecule has 2 heterocycles. The van der Waals surface area contributed by atoms with Crippen LogP contribution in [-0.2, 0) is 6.54 Å². The highest BCUT2D eigenvalue weighted by Crippen LogP contribution is 2.27. The Kier molecular flexibility index (Phi) is 5.89. The van der Waals surface area contributed by atoms with E-state index in [-0.39, 0.29) is 6.61 Å². The van der Waals surface area contributed by atoms with E-state index in [0.717, 1.165) is 28.8 Å². The number of thiazole rings is 1. The third kappa shape index (κ3) is 3.97. The average Bonchev–Trinajstić information content (AvgIpc) is 2.97. The quantitative estimate of drug-likeness (QED) is 0.736. The second-order valence-electron chi connectivity index (χ2n) is 5.54. The highest BCUT2D eigenvalue weighted by atomic mass is 32.2. The molecule has 0 radical (unpaired) electrons. The number of aliphatic hydroxyl groups excluding tert-OH is 1. The van der Waals surface area contributed by atoms with Crippen LogP contribution in [0.4, 0.5) is 0 Å². The summed E-state index contributed by atoms with van der Waals surface area (Å²) in [6.45, 7) is 8.56. The number of aliphatic hydroxyl groups is 1.